The molecule has 0 aliphatic rings. The van der Waals surface area contributed by atoms with E-state index in [-0.39, 0.29) is 0 Å². The Balaban J connectivity index is 2.58. The number of rotatable bonds is 10. The summed E-state index contributed by atoms with van der Waals surface area (Å²) < 4.78 is 12.4. The van der Waals surface area contributed by atoms with E-state index in [0.717, 1.165) is 50.5 Å². The lowest BCUT2D eigenvalue weighted by Gasteiger charge is -2.08. The van der Waals surface area contributed by atoms with Gasteiger partial charge in [0.1, 0.15) is 0 Å². The fourth-order valence-electron chi connectivity index (χ4n) is 1.79. The molecule has 0 radical (unpaired) electrons. The fourth-order valence-corrected chi connectivity index (χ4v) is 1.79. The molecule has 0 saturated carbocycles. The van der Waals surface area contributed by atoms with Gasteiger partial charge in [-0.25, -0.2) is 4.68 Å². The molecule has 1 aromatic rings. The average Bonchev–Trinajstić information content (AvgIpc) is 2.75. The molecule has 0 aromatic carbocycles. The largest absolute Gasteiger partial charge is 0.384 e. The van der Waals surface area contributed by atoms with Crippen LogP contribution in [0.15, 0.2) is 0 Å². The van der Waals surface area contributed by atoms with E-state index >= 15 is 0 Å². The van der Waals surface area contributed by atoms with Crippen LogP contribution in [0.4, 0.5) is 0 Å². The Bertz CT molecular complexity index is 328. The van der Waals surface area contributed by atoms with Crippen molar-refractivity contribution in [3.63, 3.8) is 0 Å². The Kier molecular flexibility index (Phi) is 7.55. The Morgan fingerprint density at radius 3 is 2.83 bits per heavy atom. The lowest BCUT2D eigenvalue weighted by atomic mass is 10.2. The third kappa shape index (κ3) is 4.72. The number of nitrogens with one attached hydrogen (secondary N) is 1. The van der Waals surface area contributed by atoms with E-state index < -0.39 is 0 Å². The van der Waals surface area contributed by atoms with Gasteiger partial charge in [-0.2, -0.15) is 0 Å². The maximum atomic E-state index is 5.33. The summed E-state index contributed by atoms with van der Waals surface area (Å²) in [7, 11) is 3.62. The van der Waals surface area contributed by atoms with E-state index in [1.54, 1.807) is 7.11 Å². The van der Waals surface area contributed by atoms with Gasteiger partial charge in [0, 0.05) is 39.8 Å². The molecule has 0 unspecified atom stereocenters. The first-order valence-corrected chi connectivity index (χ1v) is 6.46. The van der Waals surface area contributed by atoms with Crippen LogP contribution in [0.1, 0.15) is 24.7 Å². The Morgan fingerprint density at radius 2 is 2.17 bits per heavy atom. The van der Waals surface area contributed by atoms with Crippen LogP contribution in [0.25, 0.3) is 0 Å². The topological polar surface area (TPSA) is 61.2 Å². The van der Waals surface area contributed by atoms with Gasteiger partial charge in [0.2, 0.25) is 0 Å². The molecule has 104 valence electrons. The lowest BCUT2D eigenvalue weighted by molar-refractivity contribution is 0.140. The normalized spacial score (nSPS) is 11.1. The molecule has 0 atom stereocenters. The van der Waals surface area contributed by atoms with Crippen LogP contribution in [0.5, 0.6) is 0 Å². The quantitative estimate of drug-likeness (QED) is 0.622. The Hall–Kier alpha value is -0.980. The molecule has 0 spiro atoms. The molecule has 1 N–H and O–H groups in total. The van der Waals surface area contributed by atoms with Crippen molar-refractivity contribution in [2.45, 2.75) is 32.9 Å². The number of methoxy groups -OCH3 is 1. The summed E-state index contributed by atoms with van der Waals surface area (Å²) in [5.74, 6) is 0. The molecule has 1 rings (SSSR count). The van der Waals surface area contributed by atoms with Gasteiger partial charge in [-0.15, -0.1) is 5.10 Å². The highest BCUT2D eigenvalue weighted by atomic mass is 16.5. The molecule has 6 heteroatoms. The first-order valence-electron chi connectivity index (χ1n) is 6.46. The number of hydrogen-bond acceptors (Lipinski definition) is 5. The maximum absolute atomic E-state index is 5.33. The highest BCUT2D eigenvalue weighted by Crippen LogP contribution is 2.07. The van der Waals surface area contributed by atoms with Gasteiger partial charge in [0.05, 0.1) is 18.0 Å². The smallest absolute Gasteiger partial charge is 0.0997 e. The standard InChI is InChI=1S/C12H24N4O2/c1-4-18-8-5-7-16-12(6-9-17-3)11(10-13-2)14-15-16/h13H,4-10H2,1-3H3. The van der Waals surface area contributed by atoms with E-state index in [2.05, 4.69) is 15.6 Å². The van der Waals surface area contributed by atoms with Crippen LogP contribution in [-0.2, 0) is 29.0 Å². The SMILES string of the molecule is CCOCCCn1nnc(CNC)c1CCOC. The molecule has 1 heterocycles. The number of nitrogens with zero attached hydrogens (tertiary/aromatic N) is 3. The van der Waals surface area contributed by atoms with Crippen LogP contribution < -0.4 is 5.32 Å². The number of hydrogen-bond donors (Lipinski definition) is 1. The third-order valence-electron chi connectivity index (χ3n) is 2.67. The van der Waals surface area contributed by atoms with Crippen molar-refractivity contribution in [3.05, 3.63) is 11.4 Å². The second-order valence-electron chi connectivity index (χ2n) is 4.03. The van der Waals surface area contributed by atoms with Gasteiger partial charge >= 0.3 is 0 Å². The van der Waals surface area contributed by atoms with Crippen molar-refractivity contribution in [2.24, 2.45) is 0 Å². The third-order valence-corrected chi connectivity index (χ3v) is 2.67. The first kappa shape index (κ1) is 15.1. The molecule has 0 bridgehead atoms. The van der Waals surface area contributed by atoms with Gasteiger partial charge in [0.15, 0.2) is 0 Å². The van der Waals surface area contributed by atoms with Gasteiger partial charge in [-0.3, -0.25) is 0 Å². The lowest BCUT2D eigenvalue weighted by Crippen LogP contribution is -2.13. The highest BCUT2D eigenvalue weighted by molar-refractivity contribution is 5.10. The van der Waals surface area contributed by atoms with Crippen LogP contribution in [0.2, 0.25) is 0 Å². The predicted molar refractivity (Wildman–Crippen MR) is 69.5 cm³/mol. The molecule has 0 amide bonds. The first-order chi connectivity index (χ1) is 8.83. The average molecular weight is 256 g/mol. The van der Waals surface area contributed by atoms with Gasteiger partial charge < -0.3 is 14.8 Å². The molecular weight excluding hydrogens is 232 g/mol. The molecule has 0 saturated heterocycles. The van der Waals surface area contributed by atoms with E-state index in [0.29, 0.717) is 6.61 Å². The summed E-state index contributed by atoms with van der Waals surface area (Å²) in [6.45, 7) is 5.81. The van der Waals surface area contributed by atoms with Crippen LogP contribution in [-0.4, -0.2) is 49.0 Å². The zero-order valence-electron chi connectivity index (χ0n) is 11.6. The highest BCUT2D eigenvalue weighted by Gasteiger charge is 2.11. The minimum atomic E-state index is 0.690. The van der Waals surface area contributed by atoms with Gasteiger partial charge in [-0.05, 0) is 20.4 Å². The monoisotopic (exact) mass is 256 g/mol. The molecule has 0 aliphatic heterocycles. The Labute approximate surface area is 109 Å². The van der Waals surface area contributed by atoms with Crippen LogP contribution in [0, 0.1) is 0 Å². The molecule has 1 aromatic heterocycles. The summed E-state index contributed by atoms with van der Waals surface area (Å²) in [6, 6.07) is 0. The Morgan fingerprint density at radius 1 is 1.33 bits per heavy atom. The van der Waals surface area contributed by atoms with E-state index in [4.69, 9.17) is 9.47 Å². The molecule has 6 nitrogen and oxygen atoms in total. The van der Waals surface area contributed by atoms with Crippen LogP contribution >= 0.6 is 0 Å². The molecular formula is C12H24N4O2. The van der Waals surface area contributed by atoms with Crippen molar-refractivity contribution < 1.29 is 9.47 Å². The maximum Gasteiger partial charge on any atom is 0.0997 e. The summed E-state index contributed by atoms with van der Waals surface area (Å²) in [6.07, 6.45) is 1.80. The zero-order chi connectivity index (χ0) is 13.2. The fraction of sp³-hybridized carbons (Fsp3) is 0.833. The van der Waals surface area contributed by atoms with Crippen LogP contribution in [0.3, 0.4) is 0 Å². The van der Waals surface area contributed by atoms with Crippen molar-refractivity contribution >= 4 is 0 Å². The molecule has 18 heavy (non-hydrogen) atoms. The molecule has 0 fully saturated rings. The van der Waals surface area contributed by atoms with Crippen molar-refractivity contribution in [1.82, 2.24) is 20.3 Å². The van der Waals surface area contributed by atoms with Crippen molar-refractivity contribution in [2.75, 3.05) is 34.0 Å². The summed E-state index contributed by atoms with van der Waals surface area (Å²) in [4.78, 5) is 0. The number of aryl methyl sites for hydroxylation is 1. The predicted octanol–water partition coefficient (Wildman–Crippen LogP) is 0.613. The molecule has 0 aliphatic carbocycles. The second-order valence-corrected chi connectivity index (χ2v) is 4.03. The minimum Gasteiger partial charge on any atom is -0.384 e. The summed E-state index contributed by atoms with van der Waals surface area (Å²) >= 11 is 0. The number of ether oxygens (including phenoxy) is 2. The van der Waals surface area contributed by atoms with E-state index in [1.807, 2.05) is 18.7 Å². The summed E-state index contributed by atoms with van der Waals surface area (Å²) in [5, 5.41) is 11.5. The van der Waals surface area contributed by atoms with Crippen molar-refractivity contribution in [3.8, 4) is 0 Å². The second kappa shape index (κ2) is 9.02. The zero-order valence-corrected chi connectivity index (χ0v) is 11.6. The van der Waals surface area contributed by atoms with Gasteiger partial charge in [0.25, 0.3) is 0 Å². The van der Waals surface area contributed by atoms with E-state index in [1.165, 1.54) is 0 Å². The van der Waals surface area contributed by atoms with E-state index in [9.17, 15) is 0 Å². The summed E-state index contributed by atoms with van der Waals surface area (Å²) in [5.41, 5.74) is 2.16. The number of aromatic nitrogens is 3. The van der Waals surface area contributed by atoms with Crippen molar-refractivity contribution in [1.29, 1.82) is 0 Å². The van der Waals surface area contributed by atoms with Gasteiger partial charge in [-0.1, -0.05) is 5.21 Å². The minimum absolute atomic E-state index is 0.690.